The molecule has 2 N–H and O–H groups in total. The largest absolute Gasteiger partial charge is 0.343 e. The Bertz CT molecular complexity index is 833. The van der Waals surface area contributed by atoms with Crippen LogP contribution in [0, 0.1) is 19.8 Å². The van der Waals surface area contributed by atoms with E-state index in [4.69, 9.17) is 4.52 Å². The maximum absolute atomic E-state index is 12.6. The molecule has 2 saturated carbocycles. The van der Waals surface area contributed by atoms with Crippen LogP contribution in [0.4, 0.5) is 5.00 Å². The fourth-order valence-electron chi connectivity index (χ4n) is 2.64. The number of nitrogens with zero attached hydrogens (tertiary/aromatic N) is 2. The van der Waals surface area contributed by atoms with E-state index < -0.39 is 0 Å². The highest BCUT2D eigenvalue weighted by molar-refractivity contribution is 7.16. The Hall–Kier alpha value is -2.22. The van der Waals surface area contributed by atoms with Crippen molar-refractivity contribution in [3.05, 3.63) is 27.7 Å². The summed E-state index contributed by atoms with van der Waals surface area (Å²) >= 11 is 1.44. The minimum atomic E-state index is -0.237. The molecule has 2 aromatic heterocycles. The van der Waals surface area contributed by atoms with Gasteiger partial charge in [0.15, 0.2) is 5.82 Å². The van der Waals surface area contributed by atoms with Crippen LogP contribution in [0.1, 0.15) is 64.1 Å². The molecule has 8 heteroatoms. The first-order valence-corrected chi connectivity index (χ1v) is 9.36. The molecule has 132 valence electrons. The van der Waals surface area contributed by atoms with Gasteiger partial charge in [-0.15, -0.1) is 11.3 Å². The topological polar surface area (TPSA) is 97.1 Å². The van der Waals surface area contributed by atoms with Crippen molar-refractivity contribution in [3.63, 3.8) is 0 Å². The van der Waals surface area contributed by atoms with Gasteiger partial charge in [0.25, 0.3) is 5.91 Å². The number of carbonyl (C=O) groups is 2. The first-order valence-electron chi connectivity index (χ1n) is 8.54. The Labute approximate surface area is 149 Å². The summed E-state index contributed by atoms with van der Waals surface area (Å²) in [6.45, 7) is 4.03. The normalized spacial score (nSPS) is 16.7. The number of anilines is 1. The SMILES string of the molecule is Cc1sc(NC(=O)C2CC2)c(C(=O)NCc2nc(C3CC3)no2)c1C. The van der Waals surface area contributed by atoms with Crippen molar-refractivity contribution in [1.82, 2.24) is 15.5 Å². The van der Waals surface area contributed by atoms with Gasteiger partial charge in [0.1, 0.15) is 5.00 Å². The number of aromatic nitrogens is 2. The van der Waals surface area contributed by atoms with Crippen LogP contribution < -0.4 is 10.6 Å². The number of carbonyl (C=O) groups excluding carboxylic acids is 2. The molecular formula is C17H20N4O3S. The Kier molecular flexibility index (Phi) is 4.07. The Morgan fingerprint density at radius 1 is 1.24 bits per heavy atom. The summed E-state index contributed by atoms with van der Waals surface area (Å²) in [5.74, 6) is 1.41. The third-order valence-corrected chi connectivity index (χ3v) is 5.75. The summed E-state index contributed by atoms with van der Waals surface area (Å²) in [7, 11) is 0. The van der Waals surface area contributed by atoms with Crippen LogP contribution in [0.25, 0.3) is 0 Å². The first-order chi connectivity index (χ1) is 12.0. The highest BCUT2D eigenvalue weighted by Gasteiger charge is 2.32. The van der Waals surface area contributed by atoms with Crippen LogP contribution in [-0.4, -0.2) is 22.0 Å². The maximum atomic E-state index is 12.6. The van der Waals surface area contributed by atoms with Crippen molar-refractivity contribution in [2.45, 2.75) is 52.0 Å². The third-order valence-electron chi connectivity index (χ3n) is 4.62. The van der Waals surface area contributed by atoms with Crippen LogP contribution in [0.5, 0.6) is 0 Å². The minimum absolute atomic E-state index is 0.00118. The number of rotatable bonds is 6. The van der Waals surface area contributed by atoms with Gasteiger partial charge in [-0.3, -0.25) is 9.59 Å². The van der Waals surface area contributed by atoms with Crippen LogP contribution in [0.15, 0.2) is 4.52 Å². The summed E-state index contributed by atoms with van der Waals surface area (Å²) < 4.78 is 5.18. The van der Waals surface area contributed by atoms with Crippen molar-refractivity contribution in [1.29, 1.82) is 0 Å². The molecule has 2 heterocycles. The van der Waals surface area contributed by atoms with Crippen LogP contribution in [0.3, 0.4) is 0 Å². The molecular weight excluding hydrogens is 340 g/mol. The molecule has 0 saturated heterocycles. The van der Waals surface area contributed by atoms with Gasteiger partial charge in [0.2, 0.25) is 11.8 Å². The molecule has 2 aromatic rings. The minimum Gasteiger partial charge on any atom is -0.343 e. The monoisotopic (exact) mass is 360 g/mol. The highest BCUT2D eigenvalue weighted by Crippen LogP contribution is 2.38. The number of nitrogens with one attached hydrogen (secondary N) is 2. The van der Waals surface area contributed by atoms with Crippen molar-refractivity contribution in [2.24, 2.45) is 5.92 Å². The lowest BCUT2D eigenvalue weighted by molar-refractivity contribution is -0.117. The standard InChI is InChI=1S/C17H20N4O3S/c1-8-9(2)25-17(20-15(22)11-5-6-11)13(8)16(23)18-7-12-19-14(21-24-12)10-3-4-10/h10-11H,3-7H2,1-2H3,(H,18,23)(H,20,22). The summed E-state index contributed by atoms with van der Waals surface area (Å²) in [5.41, 5.74) is 1.41. The molecule has 7 nitrogen and oxygen atoms in total. The second kappa shape index (κ2) is 6.25. The van der Waals surface area contributed by atoms with Crippen molar-refractivity contribution in [3.8, 4) is 0 Å². The van der Waals surface area contributed by atoms with E-state index in [2.05, 4.69) is 20.8 Å². The molecule has 0 atom stereocenters. The predicted molar refractivity (Wildman–Crippen MR) is 92.6 cm³/mol. The molecule has 0 unspecified atom stereocenters. The average Bonchev–Trinajstić information content (AvgIpc) is 3.50. The third kappa shape index (κ3) is 3.44. The van der Waals surface area contributed by atoms with E-state index in [0.717, 1.165) is 41.9 Å². The molecule has 0 bridgehead atoms. The fraction of sp³-hybridized carbons (Fsp3) is 0.529. The Morgan fingerprint density at radius 2 is 2.00 bits per heavy atom. The molecule has 2 fully saturated rings. The van der Waals surface area contributed by atoms with E-state index >= 15 is 0 Å². The van der Waals surface area contributed by atoms with E-state index in [9.17, 15) is 9.59 Å². The highest BCUT2D eigenvalue weighted by atomic mass is 32.1. The van der Waals surface area contributed by atoms with Crippen LogP contribution in [0.2, 0.25) is 0 Å². The second-order valence-electron chi connectivity index (χ2n) is 6.75. The molecule has 0 aromatic carbocycles. The van der Waals surface area contributed by atoms with E-state index in [0.29, 0.717) is 22.4 Å². The Balaban J connectivity index is 1.45. The average molecular weight is 360 g/mol. The number of aryl methyl sites for hydroxylation is 1. The van der Waals surface area contributed by atoms with Crippen LogP contribution in [-0.2, 0) is 11.3 Å². The molecule has 0 aliphatic heterocycles. The molecule has 0 spiro atoms. The predicted octanol–water partition coefficient (Wildman–Crippen LogP) is 2.90. The smallest absolute Gasteiger partial charge is 0.255 e. The molecule has 2 aliphatic rings. The lowest BCUT2D eigenvalue weighted by Gasteiger charge is -2.07. The van der Waals surface area contributed by atoms with Gasteiger partial charge in [0, 0.05) is 16.7 Å². The van der Waals surface area contributed by atoms with E-state index in [1.165, 1.54) is 11.3 Å². The lowest BCUT2D eigenvalue weighted by Crippen LogP contribution is -2.25. The van der Waals surface area contributed by atoms with Gasteiger partial charge < -0.3 is 15.2 Å². The Morgan fingerprint density at radius 3 is 2.68 bits per heavy atom. The quantitative estimate of drug-likeness (QED) is 0.825. The fourth-order valence-corrected chi connectivity index (χ4v) is 3.70. The van der Waals surface area contributed by atoms with Crippen molar-refractivity contribution in [2.75, 3.05) is 5.32 Å². The van der Waals surface area contributed by atoms with Gasteiger partial charge in [-0.25, -0.2) is 0 Å². The number of hydrogen-bond donors (Lipinski definition) is 2. The second-order valence-corrected chi connectivity index (χ2v) is 7.98. The summed E-state index contributed by atoms with van der Waals surface area (Å²) in [6.07, 6.45) is 4.06. The van der Waals surface area contributed by atoms with E-state index in [1.54, 1.807) is 0 Å². The van der Waals surface area contributed by atoms with Gasteiger partial charge >= 0.3 is 0 Å². The van der Waals surface area contributed by atoms with Gasteiger partial charge in [-0.1, -0.05) is 5.16 Å². The van der Waals surface area contributed by atoms with Gasteiger partial charge in [-0.2, -0.15) is 4.98 Å². The zero-order valence-corrected chi connectivity index (χ0v) is 15.0. The number of amides is 2. The van der Waals surface area contributed by atoms with E-state index in [1.807, 2.05) is 13.8 Å². The molecule has 0 radical (unpaired) electrons. The van der Waals surface area contributed by atoms with Crippen LogP contribution >= 0.6 is 11.3 Å². The zero-order chi connectivity index (χ0) is 17.6. The van der Waals surface area contributed by atoms with Crippen molar-refractivity contribution >= 4 is 28.2 Å². The van der Waals surface area contributed by atoms with Crippen molar-refractivity contribution < 1.29 is 14.1 Å². The van der Waals surface area contributed by atoms with Gasteiger partial charge in [0.05, 0.1) is 12.1 Å². The van der Waals surface area contributed by atoms with E-state index in [-0.39, 0.29) is 24.3 Å². The first kappa shape index (κ1) is 16.3. The number of hydrogen-bond acceptors (Lipinski definition) is 6. The zero-order valence-electron chi connectivity index (χ0n) is 14.2. The maximum Gasteiger partial charge on any atom is 0.255 e. The summed E-state index contributed by atoms with van der Waals surface area (Å²) in [5, 5.41) is 10.3. The molecule has 2 amide bonds. The number of thiophene rings is 1. The summed E-state index contributed by atoms with van der Waals surface area (Å²) in [4.78, 5) is 30.0. The lowest BCUT2D eigenvalue weighted by atomic mass is 10.1. The molecule has 4 rings (SSSR count). The summed E-state index contributed by atoms with van der Waals surface area (Å²) in [6, 6.07) is 0. The van der Waals surface area contributed by atoms with Gasteiger partial charge in [-0.05, 0) is 45.1 Å². The molecule has 25 heavy (non-hydrogen) atoms. The molecule has 2 aliphatic carbocycles.